The topological polar surface area (TPSA) is 50.2 Å². The molecule has 1 N–H and O–H groups in total. The van der Waals surface area contributed by atoms with E-state index >= 15 is 0 Å². The summed E-state index contributed by atoms with van der Waals surface area (Å²) in [5.41, 5.74) is 0.729. The highest BCUT2D eigenvalue weighted by Crippen LogP contribution is 2.33. The predicted octanol–water partition coefficient (Wildman–Crippen LogP) is 4.50. The van der Waals surface area contributed by atoms with Crippen LogP contribution in [0, 0.1) is 11.7 Å². The first-order valence-electron chi connectivity index (χ1n) is 6.07. The van der Waals surface area contributed by atoms with Crippen molar-refractivity contribution in [3.63, 3.8) is 0 Å². The van der Waals surface area contributed by atoms with Crippen molar-refractivity contribution in [1.82, 2.24) is 4.98 Å². The number of benzene rings is 1. The third-order valence-electron chi connectivity index (χ3n) is 2.68. The average Bonchev–Trinajstić information content (AvgIpc) is 2.75. The Morgan fingerprint density at radius 1 is 1.50 bits per heavy atom. The number of hydrogen-bond acceptors (Lipinski definition) is 3. The van der Waals surface area contributed by atoms with Crippen LogP contribution in [-0.4, -0.2) is 16.1 Å². The zero-order chi connectivity index (χ0) is 14.9. The van der Waals surface area contributed by atoms with Crippen LogP contribution in [0.3, 0.4) is 0 Å². The number of aromatic nitrogens is 1. The molecule has 1 aromatic carbocycles. The molecule has 0 saturated carbocycles. The minimum absolute atomic E-state index is 0.0000143. The van der Waals surface area contributed by atoms with Crippen molar-refractivity contribution in [1.29, 1.82) is 0 Å². The molecule has 1 aromatic heterocycles. The lowest BCUT2D eigenvalue weighted by molar-refractivity contribution is 0.0700. The van der Waals surface area contributed by atoms with E-state index in [1.54, 1.807) is 12.1 Å². The number of aromatic carboxylic acids is 1. The van der Waals surface area contributed by atoms with Crippen LogP contribution >= 0.6 is 22.9 Å². The van der Waals surface area contributed by atoms with Gasteiger partial charge in [0.2, 0.25) is 0 Å². The van der Waals surface area contributed by atoms with E-state index in [4.69, 9.17) is 11.6 Å². The molecule has 0 atom stereocenters. The molecule has 0 amide bonds. The van der Waals surface area contributed by atoms with Gasteiger partial charge >= 0.3 is 5.97 Å². The Kier molecular flexibility index (Phi) is 4.40. The maximum atomic E-state index is 14.0. The first kappa shape index (κ1) is 14.9. The Balaban J connectivity index is 2.53. The van der Waals surface area contributed by atoms with Gasteiger partial charge in [-0.15, -0.1) is 11.3 Å². The third-order valence-corrected chi connectivity index (χ3v) is 4.09. The van der Waals surface area contributed by atoms with Gasteiger partial charge in [-0.2, -0.15) is 0 Å². The molecular weight excluding hydrogens is 301 g/mol. The van der Waals surface area contributed by atoms with E-state index < -0.39 is 11.8 Å². The zero-order valence-corrected chi connectivity index (χ0v) is 12.6. The molecule has 0 aliphatic carbocycles. The lowest BCUT2D eigenvalue weighted by atomic mass is 10.1. The van der Waals surface area contributed by atoms with Crippen molar-refractivity contribution in [2.75, 3.05) is 0 Å². The second-order valence-electron chi connectivity index (χ2n) is 4.80. The molecule has 0 radical (unpaired) electrons. The van der Waals surface area contributed by atoms with Gasteiger partial charge in [0.1, 0.15) is 9.88 Å². The van der Waals surface area contributed by atoms with Crippen molar-refractivity contribution in [3.8, 4) is 10.6 Å². The molecular formula is C14H13ClFNO2S. The highest BCUT2D eigenvalue weighted by atomic mass is 35.5. The Bertz CT molecular complexity index is 655. The third kappa shape index (κ3) is 2.99. The van der Waals surface area contributed by atoms with Crippen molar-refractivity contribution in [3.05, 3.63) is 39.6 Å². The molecule has 0 aliphatic rings. The minimum atomic E-state index is -1.04. The smallest absolute Gasteiger partial charge is 0.347 e. The molecule has 2 rings (SSSR count). The first-order valence-corrected chi connectivity index (χ1v) is 7.27. The number of rotatable bonds is 4. The number of hydrogen-bond donors (Lipinski definition) is 1. The predicted molar refractivity (Wildman–Crippen MR) is 78.0 cm³/mol. The summed E-state index contributed by atoms with van der Waals surface area (Å²) >= 11 is 6.72. The van der Waals surface area contributed by atoms with E-state index in [-0.39, 0.29) is 21.4 Å². The van der Waals surface area contributed by atoms with E-state index in [2.05, 4.69) is 4.98 Å². The van der Waals surface area contributed by atoms with Gasteiger partial charge in [-0.05, 0) is 24.5 Å². The standard InChI is InChI=1S/C14H13ClFNO2S/c1-7(2)6-10-12(14(18)19)20-13(17-10)8-4-3-5-9(15)11(8)16/h3-5,7H,6H2,1-2H3,(H,18,19). The molecule has 20 heavy (non-hydrogen) atoms. The van der Waals surface area contributed by atoms with Crippen molar-refractivity contribution in [2.24, 2.45) is 5.92 Å². The van der Waals surface area contributed by atoms with Gasteiger partial charge < -0.3 is 5.11 Å². The highest BCUT2D eigenvalue weighted by molar-refractivity contribution is 7.17. The number of carboxylic acid groups (broad SMARTS) is 1. The molecule has 0 fully saturated rings. The fraction of sp³-hybridized carbons (Fsp3) is 0.286. The molecule has 0 saturated heterocycles. The van der Waals surface area contributed by atoms with E-state index in [1.807, 2.05) is 13.8 Å². The van der Waals surface area contributed by atoms with Crippen molar-refractivity contribution >= 4 is 28.9 Å². The summed E-state index contributed by atoms with van der Waals surface area (Å²) in [6.45, 7) is 3.95. The normalized spacial score (nSPS) is 11.1. The molecule has 106 valence electrons. The van der Waals surface area contributed by atoms with Crippen LogP contribution in [0.4, 0.5) is 4.39 Å². The van der Waals surface area contributed by atoms with E-state index in [1.165, 1.54) is 6.07 Å². The second kappa shape index (κ2) is 5.89. The molecule has 0 spiro atoms. The largest absolute Gasteiger partial charge is 0.477 e. The van der Waals surface area contributed by atoms with Crippen LogP contribution in [0.15, 0.2) is 18.2 Å². The van der Waals surface area contributed by atoms with E-state index in [0.717, 1.165) is 11.3 Å². The van der Waals surface area contributed by atoms with Crippen molar-refractivity contribution in [2.45, 2.75) is 20.3 Å². The van der Waals surface area contributed by atoms with E-state index in [0.29, 0.717) is 17.1 Å². The average molecular weight is 314 g/mol. The molecule has 2 aromatic rings. The number of carboxylic acids is 1. The van der Waals surface area contributed by atoms with Gasteiger partial charge in [-0.3, -0.25) is 0 Å². The quantitative estimate of drug-likeness (QED) is 0.904. The van der Waals surface area contributed by atoms with Crippen LogP contribution in [0.5, 0.6) is 0 Å². The summed E-state index contributed by atoms with van der Waals surface area (Å²) in [5, 5.41) is 9.56. The highest BCUT2D eigenvalue weighted by Gasteiger charge is 2.21. The molecule has 0 aliphatic heterocycles. The summed E-state index contributed by atoms with van der Waals surface area (Å²) in [5.74, 6) is -1.34. The molecule has 0 bridgehead atoms. The van der Waals surface area contributed by atoms with Gasteiger partial charge in [0, 0.05) is 5.56 Å². The Hall–Kier alpha value is -1.46. The summed E-state index contributed by atoms with van der Waals surface area (Å²) in [6.07, 6.45) is 0.542. The molecule has 0 unspecified atom stereocenters. The Labute approximate surface area is 125 Å². The van der Waals surface area contributed by atoms with Crippen LogP contribution in [0.2, 0.25) is 5.02 Å². The summed E-state index contributed by atoms with van der Waals surface area (Å²) < 4.78 is 14.0. The first-order chi connectivity index (χ1) is 9.40. The summed E-state index contributed by atoms with van der Waals surface area (Å²) in [7, 11) is 0. The minimum Gasteiger partial charge on any atom is -0.477 e. The summed E-state index contributed by atoms with van der Waals surface area (Å²) in [4.78, 5) is 15.7. The van der Waals surface area contributed by atoms with Gasteiger partial charge in [-0.1, -0.05) is 31.5 Å². The molecule has 6 heteroatoms. The number of carbonyl (C=O) groups is 1. The monoisotopic (exact) mass is 313 g/mol. The maximum Gasteiger partial charge on any atom is 0.347 e. The molecule has 3 nitrogen and oxygen atoms in total. The van der Waals surface area contributed by atoms with Gasteiger partial charge in [0.05, 0.1) is 10.7 Å². The van der Waals surface area contributed by atoms with Crippen molar-refractivity contribution < 1.29 is 14.3 Å². The fourth-order valence-electron chi connectivity index (χ4n) is 1.83. The number of nitrogens with zero attached hydrogens (tertiary/aromatic N) is 1. The number of halogens is 2. The number of thiazole rings is 1. The maximum absolute atomic E-state index is 14.0. The van der Waals surface area contributed by atoms with E-state index in [9.17, 15) is 14.3 Å². The lowest BCUT2D eigenvalue weighted by Crippen LogP contribution is -2.02. The van der Waals surface area contributed by atoms with Crippen LogP contribution in [0.1, 0.15) is 29.2 Å². The SMILES string of the molecule is CC(C)Cc1nc(-c2cccc(Cl)c2F)sc1C(=O)O. The van der Waals surface area contributed by atoms with Crippen LogP contribution in [-0.2, 0) is 6.42 Å². The van der Waals surface area contributed by atoms with Gasteiger partial charge in [0.25, 0.3) is 0 Å². The molecule has 1 heterocycles. The Morgan fingerprint density at radius 3 is 2.80 bits per heavy atom. The lowest BCUT2D eigenvalue weighted by Gasteiger charge is -2.02. The Morgan fingerprint density at radius 2 is 2.20 bits per heavy atom. The van der Waals surface area contributed by atoms with Gasteiger partial charge in [-0.25, -0.2) is 14.2 Å². The second-order valence-corrected chi connectivity index (χ2v) is 6.21. The summed E-state index contributed by atoms with van der Waals surface area (Å²) in [6, 6.07) is 4.61. The van der Waals surface area contributed by atoms with Gasteiger partial charge in [0.15, 0.2) is 5.82 Å². The fourth-order valence-corrected chi connectivity index (χ4v) is 2.95. The zero-order valence-electron chi connectivity index (χ0n) is 11.0. The van der Waals surface area contributed by atoms with Crippen LogP contribution < -0.4 is 0 Å². The van der Waals surface area contributed by atoms with Crippen LogP contribution in [0.25, 0.3) is 10.6 Å².